The fourth-order valence-corrected chi connectivity index (χ4v) is 2.77. The Kier molecular flexibility index (Phi) is 6.48. The Labute approximate surface area is 139 Å². The first-order valence-corrected chi connectivity index (χ1v) is 8.09. The summed E-state index contributed by atoms with van der Waals surface area (Å²) in [5, 5.41) is 12.4. The Morgan fingerprint density at radius 2 is 1.88 bits per heavy atom. The van der Waals surface area contributed by atoms with Crippen LogP contribution in [0.4, 0.5) is 13.2 Å². The quantitative estimate of drug-likeness (QED) is 0.798. The summed E-state index contributed by atoms with van der Waals surface area (Å²) in [6, 6.07) is 4.25. The zero-order chi connectivity index (χ0) is 17.6. The summed E-state index contributed by atoms with van der Waals surface area (Å²) < 4.78 is 42.5. The van der Waals surface area contributed by atoms with E-state index in [0.29, 0.717) is 12.3 Å². The number of hydrogen-bond donors (Lipinski definition) is 2. The maximum atomic E-state index is 12.4. The number of aliphatic hydroxyl groups excluding tert-OH is 1. The van der Waals surface area contributed by atoms with E-state index in [-0.39, 0.29) is 24.8 Å². The number of carbonyl (C=O) groups is 1. The van der Waals surface area contributed by atoms with Crippen molar-refractivity contribution >= 4 is 5.91 Å². The van der Waals surface area contributed by atoms with Crippen molar-refractivity contribution in [2.45, 2.75) is 44.4 Å². The number of hydrogen-bond acceptors (Lipinski definition) is 3. The van der Waals surface area contributed by atoms with Gasteiger partial charge < -0.3 is 15.2 Å². The molecule has 1 fully saturated rings. The normalized spacial score (nSPS) is 16.8. The Morgan fingerprint density at radius 3 is 2.46 bits per heavy atom. The number of halogens is 3. The van der Waals surface area contributed by atoms with Gasteiger partial charge in [0.05, 0.1) is 5.56 Å². The van der Waals surface area contributed by atoms with Crippen molar-refractivity contribution in [3.05, 3.63) is 29.8 Å². The van der Waals surface area contributed by atoms with Crippen LogP contribution in [0, 0.1) is 5.92 Å². The first-order chi connectivity index (χ1) is 11.3. The molecule has 0 aromatic heterocycles. The van der Waals surface area contributed by atoms with Crippen LogP contribution >= 0.6 is 0 Å². The number of aliphatic hydroxyl groups is 1. The molecule has 4 nitrogen and oxygen atoms in total. The molecule has 1 aliphatic rings. The summed E-state index contributed by atoms with van der Waals surface area (Å²) in [5.41, 5.74) is -0.755. The lowest BCUT2D eigenvalue weighted by atomic mass is 10.0. The van der Waals surface area contributed by atoms with E-state index in [2.05, 4.69) is 5.32 Å². The van der Waals surface area contributed by atoms with Crippen LogP contribution in [0.5, 0.6) is 5.75 Å². The molecule has 1 amide bonds. The van der Waals surface area contributed by atoms with Gasteiger partial charge in [-0.05, 0) is 43.0 Å². The molecule has 24 heavy (non-hydrogen) atoms. The Bertz CT molecular complexity index is 525. The predicted molar refractivity (Wildman–Crippen MR) is 82.5 cm³/mol. The summed E-state index contributed by atoms with van der Waals surface area (Å²) in [7, 11) is 0. The SMILES string of the molecule is O=C(CC1CCCC1)NCC(O)COc1ccc(C(F)(F)F)cc1. The van der Waals surface area contributed by atoms with Crippen molar-refractivity contribution in [3.63, 3.8) is 0 Å². The van der Waals surface area contributed by atoms with Gasteiger partial charge in [0.15, 0.2) is 0 Å². The van der Waals surface area contributed by atoms with E-state index in [1.807, 2.05) is 0 Å². The van der Waals surface area contributed by atoms with Crippen LogP contribution in [0.2, 0.25) is 0 Å². The number of nitrogens with one attached hydrogen (secondary N) is 1. The number of alkyl halides is 3. The van der Waals surface area contributed by atoms with Gasteiger partial charge in [-0.15, -0.1) is 0 Å². The second-order valence-corrected chi connectivity index (χ2v) is 6.15. The number of benzene rings is 1. The monoisotopic (exact) mass is 345 g/mol. The van der Waals surface area contributed by atoms with E-state index < -0.39 is 17.8 Å². The molecule has 0 radical (unpaired) electrons. The summed E-state index contributed by atoms with van der Waals surface area (Å²) in [6.07, 6.45) is -0.336. The molecule has 134 valence electrons. The first kappa shape index (κ1) is 18.6. The van der Waals surface area contributed by atoms with E-state index in [0.717, 1.165) is 25.0 Å². The molecular weight excluding hydrogens is 323 g/mol. The summed E-state index contributed by atoms with van der Waals surface area (Å²) in [6.45, 7) is -0.0404. The number of rotatable bonds is 7. The lowest BCUT2D eigenvalue weighted by Gasteiger charge is -2.15. The third-order valence-corrected chi connectivity index (χ3v) is 4.11. The van der Waals surface area contributed by atoms with E-state index in [4.69, 9.17) is 4.74 Å². The van der Waals surface area contributed by atoms with E-state index in [9.17, 15) is 23.1 Å². The number of amides is 1. The highest BCUT2D eigenvalue weighted by molar-refractivity contribution is 5.76. The molecule has 0 aliphatic heterocycles. The number of ether oxygens (including phenoxy) is 1. The van der Waals surface area contributed by atoms with Gasteiger partial charge in [-0.2, -0.15) is 13.2 Å². The summed E-state index contributed by atoms with van der Waals surface area (Å²) in [5.74, 6) is 0.584. The largest absolute Gasteiger partial charge is 0.491 e. The smallest absolute Gasteiger partial charge is 0.416 e. The Balaban J connectivity index is 1.67. The van der Waals surface area contributed by atoms with Crippen molar-refractivity contribution in [2.24, 2.45) is 5.92 Å². The predicted octanol–water partition coefficient (Wildman–Crippen LogP) is 3.14. The van der Waals surface area contributed by atoms with Gasteiger partial charge in [0, 0.05) is 13.0 Å². The fourth-order valence-electron chi connectivity index (χ4n) is 2.77. The van der Waals surface area contributed by atoms with Crippen LogP contribution in [-0.2, 0) is 11.0 Å². The Morgan fingerprint density at radius 1 is 1.25 bits per heavy atom. The molecule has 0 spiro atoms. The van der Waals surface area contributed by atoms with E-state index in [1.54, 1.807) is 0 Å². The Hall–Kier alpha value is -1.76. The lowest BCUT2D eigenvalue weighted by Crippen LogP contribution is -2.35. The molecule has 1 aromatic carbocycles. The maximum Gasteiger partial charge on any atom is 0.416 e. The van der Waals surface area contributed by atoms with Crippen molar-refractivity contribution in [1.29, 1.82) is 0 Å². The molecule has 1 saturated carbocycles. The third-order valence-electron chi connectivity index (χ3n) is 4.11. The first-order valence-electron chi connectivity index (χ1n) is 8.09. The maximum absolute atomic E-state index is 12.4. The average Bonchev–Trinajstić information content (AvgIpc) is 3.03. The van der Waals surface area contributed by atoms with Gasteiger partial charge in [0.1, 0.15) is 18.5 Å². The minimum atomic E-state index is -4.39. The average molecular weight is 345 g/mol. The topological polar surface area (TPSA) is 58.6 Å². The zero-order valence-electron chi connectivity index (χ0n) is 13.3. The molecule has 0 heterocycles. The minimum absolute atomic E-state index is 0.0617. The van der Waals surface area contributed by atoms with Gasteiger partial charge in [-0.3, -0.25) is 4.79 Å². The molecule has 1 aromatic rings. The van der Waals surface area contributed by atoms with Crippen LogP contribution < -0.4 is 10.1 Å². The van der Waals surface area contributed by atoms with Crippen molar-refractivity contribution in [2.75, 3.05) is 13.2 Å². The molecule has 0 saturated heterocycles. The molecule has 0 bridgehead atoms. The van der Waals surface area contributed by atoms with Gasteiger partial charge in [0.25, 0.3) is 0 Å². The number of carbonyl (C=O) groups excluding carboxylic acids is 1. The van der Waals surface area contributed by atoms with Gasteiger partial charge in [-0.25, -0.2) is 0 Å². The molecule has 2 rings (SSSR count). The van der Waals surface area contributed by atoms with Crippen molar-refractivity contribution < 1.29 is 27.8 Å². The molecule has 7 heteroatoms. The zero-order valence-corrected chi connectivity index (χ0v) is 13.3. The second kappa shape index (κ2) is 8.37. The highest BCUT2D eigenvalue weighted by atomic mass is 19.4. The van der Waals surface area contributed by atoms with Crippen LogP contribution in [-0.4, -0.2) is 30.3 Å². The minimum Gasteiger partial charge on any atom is -0.491 e. The van der Waals surface area contributed by atoms with Crippen LogP contribution in [0.3, 0.4) is 0 Å². The molecule has 1 atom stereocenters. The standard InChI is InChI=1S/C17H22F3NO3/c18-17(19,20)13-5-7-15(8-6-13)24-11-14(22)10-21-16(23)9-12-3-1-2-4-12/h5-8,12,14,22H,1-4,9-11H2,(H,21,23). The van der Waals surface area contributed by atoms with Gasteiger partial charge in [0.2, 0.25) is 5.91 Å². The summed E-state index contributed by atoms with van der Waals surface area (Å²) >= 11 is 0. The van der Waals surface area contributed by atoms with E-state index in [1.165, 1.54) is 25.0 Å². The van der Waals surface area contributed by atoms with Crippen molar-refractivity contribution in [3.8, 4) is 5.75 Å². The van der Waals surface area contributed by atoms with Gasteiger partial charge >= 0.3 is 6.18 Å². The lowest BCUT2D eigenvalue weighted by molar-refractivity contribution is -0.137. The van der Waals surface area contributed by atoms with Gasteiger partial charge in [-0.1, -0.05) is 12.8 Å². The van der Waals surface area contributed by atoms with E-state index >= 15 is 0 Å². The summed E-state index contributed by atoms with van der Waals surface area (Å²) in [4.78, 5) is 11.7. The van der Waals surface area contributed by atoms with Crippen molar-refractivity contribution in [1.82, 2.24) is 5.32 Å². The van der Waals surface area contributed by atoms with Crippen LogP contribution in [0.1, 0.15) is 37.7 Å². The highest BCUT2D eigenvalue weighted by Crippen LogP contribution is 2.30. The molecular formula is C17H22F3NO3. The molecule has 1 aliphatic carbocycles. The highest BCUT2D eigenvalue weighted by Gasteiger charge is 2.30. The molecule has 1 unspecified atom stereocenters. The van der Waals surface area contributed by atoms with Crippen LogP contribution in [0.15, 0.2) is 24.3 Å². The van der Waals surface area contributed by atoms with Crippen LogP contribution in [0.25, 0.3) is 0 Å². The molecule has 2 N–H and O–H groups in total. The third kappa shape index (κ3) is 6.03. The fraction of sp³-hybridized carbons (Fsp3) is 0.588. The second-order valence-electron chi connectivity index (χ2n) is 6.15.